The second-order valence-corrected chi connectivity index (χ2v) is 1.49. The molecule has 0 aliphatic heterocycles. The van der Waals surface area contributed by atoms with Crippen molar-refractivity contribution < 1.29 is 14.3 Å². The molecular formula is C7H10O3. The van der Waals surface area contributed by atoms with Crippen LogP contribution in [0.3, 0.4) is 0 Å². The van der Waals surface area contributed by atoms with Gasteiger partial charge < -0.3 is 9.47 Å². The highest BCUT2D eigenvalue weighted by Gasteiger charge is 1.93. The summed E-state index contributed by atoms with van der Waals surface area (Å²) in [7, 11) is 1.47. The van der Waals surface area contributed by atoms with E-state index in [0.717, 1.165) is 0 Å². The molecular weight excluding hydrogens is 132 g/mol. The minimum Gasteiger partial charge on any atom is -0.501 e. The zero-order chi connectivity index (χ0) is 7.82. The molecule has 0 N–H and O–H groups in total. The molecule has 3 nitrogen and oxygen atoms in total. The fraction of sp³-hybridized carbons (Fsp3) is 0.286. The Labute approximate surface area is 59.9 Å². The summed E-state index contributed by atoms with van der Waals surface area (Å²) in [5.41, 5.74) is 0. The van der Waals surface area contributed by atoms with Crippen LogP contribution >= 0.6 is 0 Å². The van der Waals surface area contributed by atoms with Gasteiger partial charge in [-0.3, -0.25) is 4.79 Å². The van der Waals surface area contributed by atoms with Gasteiger partial charge in [0, 0.05) is 0 Å². The molecule has 0 radical (unpaired) electrons. The zero-order valence-electron chi connectivity index (χ0n) is 5.87. The van der Waals surface area contributed by atoms with Crippen molar-refractivity contribution in [3.8, 4) is 0 Å². The number of esters is 1. The van der Waals surface area contributed by atoms with E-state index >= 15 is 0 Å². The smallest absolute Gasteiger partial charge is 0.314 e. The fourth-order valence-electron chi connectivity index (χ4n) is 0.325. The molecule has 0 spiro atoms. The standard InChI is InChI=1S/C7H10O3/c1-3-4-7(8)10-6-5-9-2/h3,5-6H,1,4H2,2H3. The Morgan fingerprint density at radius 2 is 2.30 bits per heavy atom. The van der Waals surface area contributed by atoms with Crippen molar-refractivity contribution in [3.05, 3.63) is 25.2 Å². The number of methoxy groups -OCH3 is 1. The minimum absolute atomic E-state index is 0.216. The lowest BCUT2D eigenvalue weighted by Gasteiger charge is -1.92. The maximum Gasteiger partial charge on any atom is 0.314 e. The van der Waals surface area contributed by atoms with Crippen molar-refractivity contribution >= 4 is 5.97 Å². The molecule has 0 heterocycles. The average molecular weight is 142 g/mol. The number of ether oxygens (including phenoxy) is 2. The number of hydrogen-bond donors (Lipinski definition) is 0. The molecule has 10 heavy (non-hydrogen) atoms. The topological polar surface area (TPSA) is 35.5 Å². The van der Waals surface area contributed by atoms with Crippen LogP contribution in [0.25, 0.3) is 0 Å². The third-order valence-electron chi connectivity index (χ3n) is 0.702. The quantitative estimate of drug-likeness (QED) is 0.336. The Bertz CT molecular complexity index is 138. The zero-order valence-corrected chi connectivity index (χ0v) is 5.87. The van der Waals surface area contributed by atoms with Gasteiger partial charge in [0.25, 0.3) is 0 Å². The summed E-state index contributed by atoms with van der Waals surface area (Å²) in [4.78, 5) is 10.5. The van der Waals surface area contributed by atoms with Gasteiger partial charge in [-0.2, -0.15) is 0 Å². The number of rotatable bonds is 4. The van der Waals surface area contributed by atoms with E-state index in [1.54, 1.807) is 0 Å². The molecule has 56 valence electrons. The highest BCUT2D eigenvalue weighted by atomic mass is 16.5. The molecule has 0 aliphatic rings. The average Bonchev–Trinajstić information content (AvgIpc) is 1.89. The number of hydrogen-bond acceptors (Lipinski definition) is 3. The van der Waals surface area contributed by atoms with E-state index in [0.29, 0.717) is 0 Å². The van der Waals surface area contributed by atoms with Gasteiger partial charge in [-0.25, -0.2) is 0 Å². The summed E-state index contributed by atoms with van der Waals surface area (Å²) in [5.74, 6) is -0.344. The van der Waals surface area contributed by atoms with Crippen LogP contribution in [-0.4, -0.2) is 13.1 Å². The Balaban J connectivity index is 3.38. The molecule has 0 bridgehead atoms. The predicted octanol–water partition coefficient (Wildman–Crippen LogP) is 1.22. The van der Waals surface area contributed by atoms with E-state index in [1.807, 2.05) is 0 Å². The summed E-state index contributed by atoms with van der Waals surface area (Å²) in [6.07, 6.45) is 4.16. The van der Waals surface area contributed by atoms with E-state index in [2.05, 4.69) is 16.1 Å². The first kappa shape index (κ1) is 8.75. The summed E-state index contributed by atoms with van der Waals surface area (Å²) < 4.78 is 8.99. The van der Waals surface area contributed by atoms with Gasteiger partial charge in [0.2, 0.25) is 0 Å². The number of carbonyl (C=O) groups is 1. The normalized spacial score (nSPS) is 9.30. The largest absolute Gasteiger partial charge is 0.501 e. The van der Waals surface area contributed by atoms with Crippen molar-refractivity contribution in [1.29, 1.82) is 0 Å². The van der Waals surface area contributed by atoms with Gasteiger partial charge in [0.1, 0.15) is 12.5 Å². The lowest BCUT2D eigenvalue weighted by molar-refractivity contribution is -0.137. The lowest BCUT2D eigenvalue weighted by Crippen LogP contribution is -1.95. The van der Waals surface area contributed by atoms with Crippen LogP contribution in [0.4, 0.5) is 0 Å². The van der Waals surface area contributed by atoms with E-state index in [9.17, 15) is 4.79 Å². The minimum atomic E-state index is -0.344. The molecule has 0 rings (SSSR count). The lowest BCUT2D eigenvalue weighted by atomic mass is 10.4. The van der Waals surface area contributed by atoms with Gasteiger partial charge in [0.15, 0.2) is 0 Å². The Hall–Kier alpha value is -1.25. The third kappa shape index (κ3) is 4.90. The third-order valence-corrected chi connectivity index (χ3v) is 0.702. The molecule has 0 saturated heterocycles. The van der Waals surface area contributed by atoms with Crippen LogP contribution in [0.5, 0.6) is 0 Å². The Kier molecular flexibility index (Phi) is 5.14. The maximum absolute atomic E-state index is 10.5. The van der Waals surface area contributed by atoms with E-state index < -0.39 is 0 Å². The molecule has 0 unspecified atom stereocenters. The van der Waals surface area contributed by atoms with Crippen LogP contribution in [0.15, 0.2) is 25.2 Å². The summed E-state index contributed by atoms with van der Waals surface area (Å²) in [6, 6.07) is 0. The highest BCUT2D eigenvalue weighted by molar-refractivity contribution is 5.71. The highest BCUT2D eigenvalue weighted by Crippen LogP contribution is 1.87. The molecule has 0 atom stereocenters. The van der Waals surface area contributed by atoms with Crippen LogP contribution in [0.2, 0.25) is 0 Å². The van der Waals surface area contributed by atoms with Crippen molar-refractivity contribution in [3.63, 3.8) is 0 Å². The first-order valence-corrected chi connectivity index (χ1v) is 2.79. The van der Waals surface area contributed by atoms with Crippen LogP contribution in [-0.2, 0) is 14.3 Å². The summed E-state index contributed by atoms with van der Waals surface area (Å²) in [6.45, 7) is 3.37. The van der Waals surface area contributed by atoms with Crippen molar-refractivity contribution in [1.82, 2.24) is 0 Å². The van der Waals surface area contributed by atoms with Gasteiger partial charge in [0.05, 0.1) is 13.5 Å². The molecule has 3 heteroatoms. The van der Waals surface area contributed by atoms with Gasteiger partial charge in [-0.1, -0.05) is 6.08 Å². The fourth-order valence-corrected chi connectivity index (χ4v) is 0.325. The van der Waals surface area contributed by atoms with Crippen molar-refractivity contribution in [2.24, 2.45) is 0 Å². The first-order chi connectivity index (χ1) is 4.81. The first-order valence-electron chi connectivity index (χ1n) is 2.79. The molecule has 0 amide bonds. The monoisotopic (exact) mass is 142 g/mol. The molecule has 0 aliphatic carbocycles. The van der Waals surface area contributed by atoms with Crippen LogP contribution in [0, 0.1) is 0 Å². The summed E-state index contributed by atoms with van der Waals surface area (Å²) >= 11 is 0. The molecule has 0 aromatic rings. The summed E-state index contributed by atoms with van der Waals surface area (Å²) in [5, 5.41) is 0. The SMILES string of the molecule is C=CCC(=O)OC=COC. The molecule has 0 fully saturated rings. The van der Waals surface area contributed by atoms with Crippen molar-refractivity contribution in [2.75, 3.05) is 7.11 Å². The van der Waals surface area contributed by atoms with Crippen LogP contribution in [0.1, 0.15) is 6.42 Å². The maximum atomic E-state index is 10.5. The second-order valence-electron chi connectivity index (χ2n) is 1.49. The van der Waals surface area contributed by atoms with Gasteiger partial charge in [-0.15, -0.1) is 6.58 Å². The van der Waals surface area contributed by atoms with Crippen molar-refractivity contribution in [2.45, 2.75) is 6.42 Å². The Morgan fingerprint density at radius 3 is 2.80 bits per heavy atom. The predicted molar refractivity (Wildman–Crippen MR) is 37.1 cm³/mol. The molecule has 0 aromatic carbocycles. The van der Waals surface area contributed by atoms with Gasteiger partial charge in [-0.05, 0) is 0 Å². The number of carbonyl (C=O) groups excluding carboxylic acids is 1. The molecule has 0 aromatic heterocycles. The van der Waals surface area contributed by atoms with E-state index in [-0.39, 0.29) is 12.4 Å². The molecule has 0 saturated carbocycles. The van der Waals surface area contributed by atoms with E-state index in [4.69, 9.17) is 0 Å². The Morgan fingerprint density at radius 1 is 1.60 bits per heavy atom. The van der Waals surface area contributed by atoms with E-state index in [1.165, 1.54) is 25.7 Å². The van der Waals surface area contributed by atoms with Crippen LogP contribution < -0.4 is 0 Å². The van der Waals surface area contributed by atoms with Gasteiger partial charge >= 0.3 is 5.97 Å². The second kappa shape index (κ2) is 5.88.